The molecule has 0 spiro atoms. The van der Waals surface area contributed by atoms with Gasteiger partial charge in [-0.3, -0.25) is 9.59 Å². The van der Waals surface area contributed by atoms with Gasteiger partial charge >= 0.3 is 17.8 Å². The number of nitrogens with one attached hydrogen (secondary N) is 2. The van der Waals surface area contributed by atoms with E-state index in [0.29, 0.717) is 47.3 Å². The second kappa shape index (κ2) is 13.3. The molecule has 2 amide bonds. The van der Waals surface area contributed by atoms with E-state index >= 15 is 0 Å². The molecule has 10 nitrogen and oxygen atoms in total. The minimum absolute atomic E-state index is 0.222. The van der Waals surface area contributed by atoms with Gasteiger partial charge in [0.25, 0.3) is 0 Å². The Morgan fingerprint density at radius 3 is 2.30 bits per heavy atom. The van der Waals surface area contributed by atoms with Crippen molar-refractivity contribution < 1.29 is 33.3 Å². The molecule has 0 aliphatic carbocycles. The van der Waals surface area contributed by atoms with E-state index in [4.69, 9.17) is 18.9 Å². The SMILES string of the molecule is CCOc1ccc(C(=O)Oc2ccc(/C=N/NC(=O)C(=O)Nc3cccc(OC)c3)cc2OCC)cc1. The lowest BCUT2D eigenvalue weighted by Gasteiger charge is -2.11. The Bertz CT molecular complexity index is 1270. The van der Waals surface area contributed by atoms with Crippen molar-refractivity contribution >= 4 is 29.7 Å². The highest BCUT2D eigenvalue weighted by Crippen LogP contribution is 2.29. The molecule has 37 heavy (non-hydrogen) atoms. The lowest BCUT2D eigenvalue weighted by Crippen LogP contribution is -2.32. The molecule has 3 aromatic carbocycles. The van der Waals surface area contributed by atoms with Crippen molar-refractivity contribution in [3.8, 4) is 23.0 Å². The molecule has 0 aliphatic rings. The van der Waals surface area contributed by atoms with Crippen LogP contribution in [0.25, 0.3) is 0 Å². The molecule has 0 saturated carbocycles. The molecule has 0 bridgehead atoms. The first kappa shape index (κ1) is 26.7. The molecule has 10 heteroatoms. The third-order valence-electron chi connectivity index (χ3n) is 4.78. The van der Waals surface area contributed by atoms with Crippen LogP contribution in [0.15, 0.2) is 71.8 Å². The molecule has 3 rings (SSSR count). The van der Waals surface area contributed by atoms with Crippen LogP contribution in [-0.4, -0.2) is 44.3 Å². The summed E-state index contributed by atoms with van der Waals surface area (Å²) in [4.78, 5) is 36.7. The van der Waals surface area contributed by atoms with E-state index in [0.717, 1.165) is 0 Å². The summed E-state index contributed by atoms with van der Waals surface area (Å²) in [5.41, 5.74) is 3.46. The highest BCUT2D eigenvalue weighted by atomic mass is 16.6. The Labute approximate surface area is 214 Å². The van der Waals surface area contributed by atoms with E-state index in [1.165, 1.54) is 13.3 Å². The van der Waals surface area contributed by atoms with Gasteiger partial charge in [-0.1, -0.05) is 6.07 Å². The van der Waals surface area contributed by atoms with Gasteiger partial charge in [0, 0.05) is 11.8 Å². The van der Waals surface area contributed by atoms with Gasteiger partial charge in [0.2, 0.25) is 0 Å². The maximum atomic E-state index is 12.6. The largest absolute Gasteiger partial charge is 0.497 e. The van der Waals surface area contributed by atoms with Crippen molar-refractivity contribution in [2.75, 3.05) is 25.6 Å². The standard InChI is InChI=1S/C27H27N3O7/c1-4-35-21-12-10-19(11-13-21)27(33)37-23-14-9-18(15-24(23)36-5-2)17-28-30-26(32)25(31)29-20-7-6-8-22(16-20)34-3/h6-17H,4-5H2,1-3H3,(H,29,31)(H,30,32)/b28-17+. The number of anilines is 1. The Hall–Kier alpha value is -4.86. The lowest BCUT2D eigenvalue weighted by atomic mass is 10.2. The monoisotopic (exact) mass is 505 g/mol. The van der Waals surface area contributed by atoms with E-state index in [1.807, 2.05) is 6.92 Å². The molecule has 3 aromatic rings. The summed E-state index contributed by atoms with van der Waals surface area (Å²) in [6, 6.07) is 18.0. The first-order chi connectivity index (χ1) is 17.9. The van der Waals surface area contributed by atoms with Crippen LogP contribution in [0.1, 0.15) is 29.8 Å². The van der Waals surface area contributed by atoms with Gasteiger partial charge in [-0.25, -0.2) is 10.2 Å². The molecular formula is C27H27N3O7. The van der Waals surface area contributed by atoms with Crippen molar-refractivity contribution in [3.05, 3.63) is 77.9 Å². The smallest absolute Gasteiger partial charge is 0.343 e. The van der Waals surface area contributed by atoms with Crippen LogP contribution in [0, 0.1) is 0 Å². The zero-order chi connectivity index (χ0) is 26.6. The third kappa shape index (κ3) is 7.82. The van der Waals surface area contributed by atoms with E-state index < -0.39 is 17.8 Å². The summed E-state index contributed by atoms with van der Waals surface area (Å²) >= 11 is 0. The van der Waals surface area contributed by atoms with Gasteiger partial charge in [0.15, 0.2) is 11.5 Å². The first-order valence-electron chi connectivity index (χ1n) is 11.4. The van der Waals surface area contributed by atoms with Crippen LogP contribution in [0.2, 0.25) is 0 Å². The minimum atomic E-state index is -0.954. The first-order valence-corrected chi connectivity index (χ1v) is 11.4. The number of hydrazone groups is 1. The average molecular weight is 506 g/mol. The lowest BCUT2D eigenvalue weighted by molar-refractivity contribution is -0.136. The number of methoxy groups -OCH3 is 1. The van der Waals surface area contributed by atoms with Crippen LogP contribution in [-0.2, 0) is 9.59 Å². The van der Waals surface area contributed by atoms with Gasteiger partial charge in [0.05, 0.1) is 32.1 Å². The number of amides is 2. The molecule has 0 aliphatic heterocycles. The molecule has 0 radical (unpaired) electrons. The highest BCUT2D eigenvalue weighted by molar-refractivity contribution is 6.39. The quantitative estimate of drug-likeness (QED) is 0.141. The molecule has 192 valence electrons. The number of hydrogen-bond donors (Lipinski definition) is 2. The Balaban J connectivity index is 1.62. The molecule has 0 aromatic heterocycles. The van der Waals surface area contributed by atoms with Crippen LogP contribution >= 0.6 is 0 Å². The molecule has 0 atom stereocenters. The van der Waals surface area contributed by atoms with Crippen LogP contribution in [0.4, 0.5) is 5.69 Å². The van der Waals surface area contributed by atoms with Crippen molar-refractivity contribution in [1.82, 2.24) is 5.43 Å². The second-order valence-electron chi connectivity index (χ2n) is 7.37. The fourth-order valence-electron chi connectivity index (χ4n) is 3.08. The molecule has 0 saturated heterocycles. The molecular weight excluding hydrogens is 478 g/mol. The number of rotatable bonds is 10. The van der Waals surface area contributed by atoms with Crippen LogP contribution in [0.3, 0.4) is 0 Å². The summed E-state index contributed by atoms with van der Waals surface area (Å²) in [6.07, 6.45) is 1.33. The third-order valence-corrected chi connectivity index (χ3v) is 4.78. The van der Waals surface area contributed by atoms with Gasteiger partial charge in [-0.2, -0.15) is 5.10 Å². The minimum Gasteiger partial charge on any atom is -0.497 e. The fraction of sp³-hybridized carbons (Fsp3) is 0.185. The van der Waals surface area contributed by atoms with Crippen LogP contribution in [0.5, 0.6) is 23.0 Å². The number of esters is 1. The predicted molar refractivity (Wildman–Crippen MR) is 138 cm³/mol. The average Bonchev–Trinajstić information content (AvgIpc) is 2.90. The zero-order valence-corrected chi connectivity index (χ0v) is 20.6. The van der Waals surface area contributed by atoms with Crippen LogP contribution < -0.4 is 29.7 Å². The topological polar surface area (TPSA) is 125 Å². The van der Waals surface area contributed by atoms with Crippen molar-refractivity contribution in [2.24, 2.45) is 5.10 Å². The van der Waals surface area contributed by atoms with E-state index in [2.05, 4.69) is 15.8 Å². The van der Waals surface area contributed by atoms with E-state index in [9.17, 15) is 14.4 Å². The van der Waals surface area contributed by atoms with Crippen molar-refractivity contribution in [1.29, 1.82) is 0 Å². The number of nitrogens with zero attached hydrogens (tertiary/aromatic N) is 1. The second-order valence-corrected chi connectivity index (χ2v) is 7.37. The van der Waals surface area contributed by atoms with Crippen molar-refractivity contribution in [3.63, 3.8) is 0 Å². The van der Waals surface area contributed by atoms with Gasteiger partial charge in [-0.15, -0.1) is 0 Å². The highest BCUT2D eigenvalue weighted by Gasteiger charge is 2.15. The normalized spacial score (nSPS) is 10.5. The maximum absolute atomic E-state index is 12.6. The molecule has 0 fully saturated rings. The summed E-state index contributed by atoms with van der Waals surface area (Å²) in [7, 11) is 1.50. The Kier molecular flexibility index (Phi) is 9.60. The fourth-order valence-corrected chi connectivity index (χ4v) is 3.08. The summed E-state index contributed by atoms with van der Waals surface area (Å²) in [5.74, 6) is -0.674. The van der Waals surface area contributed by atoms with Crippen molar-refractivity contribution in [2.45, 2.75) is 13.8 Å². The number of carbonyl (C=O) groups excluding carboxylic acids is 3. The maximum Gasteiger partial charge on any atom is 0.343 e. The molecule has 0 unspecified atom stereocenters. The van der Waals surface area contributed by atoms with E-state index in [-0.39, 0.29) is 5.75 Å². The van der Waals surface area contributed by atoms with Gasteiger partial charge in [-0.05, 0) is 74.0 Å². The molecule has 2 N–H and O–H groups in total. The number of hydrogen-bond acceptors (Lipinski definition) is 8. The summed E-state index contributed by atoms with van der Waals surface area (Å²) in [6.45, 7) is 4.52. The number of ether oxygens (including phenoxy) is 4. The Morgan fingerprint density at radius 1 is 0.838 bits per heavy atom. The number of carbonyl (C=O) groups is 3. The Morgan fingerprint density at radius 2 is 1.59 bits per heavy atom. The summed E-state index contributed by atoms with van der Waals surface area (Å²) < 4.78 is 21.6. The summed E-state index contributed by atoms with van der Waals surface area (Å²) in [5, 5.41) is 6.27. The predicted octanol–water partition coefficient (Wildman–Crippen LogP) is 3.80. The molecule has 0 heterocycles. The van der Waals surface area contributed by atoms with Gasteiger partial charge < -0.3 is 24.3 Å². The number of benzene rings is 3. The van der Waals surface area contributed by atoms with E-state index in [1.54, 1.807) is 73.7 Å². The zero-order valence-electron chi connectivity index (χ0n) is 20.6. The van der Waals surface area contributed by atoms with Gasteiger partial charge in [0.1, 0.15) is 11.5 Å².